The van der Waals surface area contributed by atoms with Crippen molar-refractivity contribution in [3.05, 3.63) is 35.4 Å². The molecule has 0 aromatic carbocycles. The van der Waals surface area contributed by atoms with Gasteiger partial charge in [-0.25, -0.2) is 0 Å². The normalized spacial score (nSPS) is 11.1. The van der Waals surface area contributed by atoms with Gasteiger partial charge in [-0.05, 0) is 32.4 Å². The van der Waals surface area contributed by atoms with Crippen LogP contribution in [0.5, 0.6) is 11.5 Å². The molecule has 0 spiro atoms. The van der Waals surface area contributed by atoms with Gasteiger partial charge in [0.05, 0.1) is 11.9 Å². The van der Waals surface area contributed by atoms with Crippen molar-refractivity contribution in [1.29, 1.82) is 0 Å². The lowest BCUT2D eigenvalue weighted by molar-refractivity contribution is 0.459. The van der Waals surface area contributed by atoms with Crippen LogP contribution in [-0.2, 0) is 13.6 Å². The molecule has 0 radical (unpaired) electrons. The molecular weight excluding hydrogens is 264 g/mol. The lowest BCUT2D eigenvalue weighted by atomic mass is 10.2. The summed E-state index contributed by atoms with van der Waals surface area (Å²) >= 11 is 0. The monoisotopic (exact) mass is 288 g/mol. The minimum absolute atomic E-state index is 0.624. The van der Waals surface area contributed by atoms with Gasteiger partial charge in [-0.15, -0.1) is 0 Å². The predicted molar refractivity (Wildman–Crippen MR) is 83.5 cm³/mol. The molecule has 114 valence electrons. The lowest BCUT2D eigenvalue weighted by Gasteiger charge is -2.12. The summed E-state index contributed by atoms with van der Waals surface area (Å²) in [5.74, 6) is 2.22. The summed E-state index contributed by atoms with van der Waals surface area (Å²) in [7, 11) is 1.92. The molecule has 2 aromatic rings. The van der Waals surface area contributed by atoms with Crippen molar-refractivity contribution in [2.75, 3.05) is 6.54 Å². The molecule has 0 saturated heterocycles. The maximum Gasteiger partial charge on any atom is 0.171 e. The van der Waals surface area contributed by atoms with Crippen molar-refractivity contribution in [3.8, 4) is 11.5 Å². The Morgan fingerprint density at radius 2 is 2.10 bits per heavy atom. The minimum atomic E-state index is 0.624. The summed E-state index contributed by atoms with van der Waals surface area (Å²) in [6, 6.07) is 1.99. The molecule has 0 unspecified atom stereocenters. The lowest BCUT2D eigenvalue weighted by Crippen LogP contribution is -2.19. The van der Waals surface area contributed by atoms with Gasteiger partial charge in [0.2, 0.25) is 0 Å². The van der Waals surface area contributed by atoms with E-state index in [0.29, 0.717) is 5.92 Å². The Hall–Kier alpha value is -1.88. The van der Waals surface area contributed by atoms with Crippen LogP contribution in [0.2, 0.25) is 0 Å². The molecule has 5 nitrogen and oxygen atoms in total. The second-order valence-electron chi connectivity index (χ2n) is 5.73. The molecule has 2 aromatic heterocycles. The van der Waals surface area contributed by atoms with Crippen molar-refractivity contribution in [2.24, 2.45) is 13.0 Å². The molecule has 0 saturated carbocycles. The summed E-state index contributed by atoms with van der Waals surface area (Å²) in [4.78, 5) is 4.17. The molecule has 0 aliphatic carbocycles. The third-order valence-corrected chi connectivity index (χ3v) is 3.39. The number of nitrogens with zero attached hydrogens (tertiary/aromatic N) is 3. The first-order valence-electron chi connectivity index (χ1n) is 7.30. The van der Waals surface area contributed by atoms with E-state index in [1.54, 1.807) is 12.4 Å². The van der Waals surface area contributed by atoms with Crippen LogP contribution < -0.4 is 10.1 Å². The van der Waals surface area contributed by atoms with E-state index < -0.39 is 0 Å². The second-order valence-corrected chi connectivity index (χ2v) is 5.73. The van der Waals surface area contributed by atoms with Crippen LogP contribution in [0.25, 0.3) is 0 Å². The smallest absolute Gasteiger partial charge is 0.171 e. The summed E-state index contributed by atoms with van der Waals surface area (Å²) in [6.07, 6.45) is 3.56. The van der Waals surface area contributed by atoms with E-state index in [0.717, 1.165) is 41.5 Å². The van der Waals surface area contributed by atoms with Crippen LogP contribution in [0.3, 0.4) is 0 Å². The maximum absolute atomic E-state index is 6.06. The molecular formula is C16H24N4O. The highest BCUT2D eigenvalue weighted by Crippen LogP contribution is 2.29. The van der Waals surface area contributed by atoms with E-state index in [2.05, 4.69) is 29.2 Å². The topological polar surface area (TPSA) is 52.0 Å². The number of rotatable bonds is 6. The number of aryl methyl sites for hydroxylation is 2. The quantitative estimate of drug-likeness (QED) is 0.888. The van der Waals surface area contributed by atoms with Crippen LogP contribution in [0.1, 0.15) is 30.8 Å². The summed E-state index contributed by atoms with van der Waals surface area (Å²) < 4.78 is 7.89. The summed E-state index contributed by atoms with van der Waals surface area (Å²) in [5, 5.41) is 7.81. The molecule has 21 heavy (non-hydrogen) atoms. The van der Waals surface area contributed by atoms with E-state index in [1.807, 2.05) is 31.6 Å². The summed E-state index contributed by atoms with van der Waals surface area (Å²) in [6.45, 7) is 10.1. The van der Waals surface area contributed by atoms with Crippen LogP contribution in [0, 0.1) is 19.8 Å². The molecule has 0 aliphatic rings. The van der Waals surface area contributed by atoms with Gasteiger partial charge in [0.1, 0.15) is 11.4 Å². The molecule has 0 aliphatic heterocycles. The van der Waals surface area contributed by atoms with Gasteiger partial charge in [-0.3, -0.25) is 9.67 Å². The number of hydrogen-bond donors (Lipinski definition) is 1. The van der Waals surface area contributed by atoms with Crippen molar-refractivity contribution < 1.29 is 4.74 Å². The average Bonchev–Trinajstić information content (AvgIpc) is 2.67. The van der Waals surface area contributed by atoms with Gasteiger partial charge in [0.25, 0.3) is 0 Å². The number of nitrogens with one attached hydrogen (secondary N) is 1. The second kappa shape index (κ2) is 6.72. The van der Waals surface area contributed by atoms with Crippen LogP contribution in [0.15, 0.2) is 18.5 Å². The zero-order valence-electron chi connectivity index (χ0n) is 13.5. The highest BCUT2D eigenvalue weighted by atomic mass is 16.5. The van der Waals surface area contributed by atoms with Gasteiger partial charge in [-0.1, -0.05) is 13.8 Å². The third kappa shape index (κ3) is 3.82. The molecule has 1 N–H and O–H groups in total. The maximum atomic E-state index is 6.06. The third-order valence-electron chi connectivity index (χ3n) is 3.39. The highest BCUT2D eigenvalue weighted by Gasteiger charge is 2.13. The van der Waals surface area contributed by atoms with Gasteiger partial charge in [0, 0.05) is 25.4 Å². The summed E-state index contributed by atoms with van der Waals surface area (Å²) in [5.41, 5.74) is 3.01. The first-order valence-corrected chi connectivity index (χ1v) is 7.30. The predicted octanol–water partition coefficient (Wildman–Crippen LogP) is 2.97. The molecule has 0 fully saturated rings. The van der Waals surface area contributed by atoms with Gasteiger partial charge in [-0.2, -0.15) is 5.10 Å². The van der Waals surface area contributed by atoms with E-state index >= 15 is 0 Å². The van der Waals surface area contributed by atoms with Crippen LogP contribution >= 0.6 is 0 Å². The Kier molecular flexibility index (Phi) is 4.96. The molecule has 0 bridgehead atoms. The van der Waals surface area contributed by atoms with Crippen LogP contribution in [-0.4, -0.2) is 21.3 Å². The van der Waals surface area contributed by atoms with Crippen LogP contribution in [0.4, 0.5) is 0 Å². The van der Waals surface area contributed by atoms with E-state index in [-0.39, 0.29) is 0 Å². The van der Waals surface area contributed by atoms with E-state index in [1.165, 1.54) is 0 Å². The van der Waals surface area contributed by atoms with Crippen molar-refractivity contribution in [3.63, 3.8) is 0 Å². The van der Waals surface area contributed by atoms with Crippen molar-refractivity contribution in [1.82, 2.24) is 20.1 Å². The number of aromatic nitrogens is 3. The Morgan fingerprint density at radius 1 is 1.33 bits per heavy atom. The average molecular weight is 288 g/mol. The fourth-order valence-corrected chi connectivity index (χ4v) is 2.15. The fraction of sp³-hybridized carbons (Fsp3) is 0.500. The Balaban J connectivity index is 2.16. The first kappa shape index (κ1) is 15.5. The Morgan fingerprint density at radius 3 is 2.71 bits per heavy atom. The SMILES string of the molecule is Cc1nn(C)c(C)c1Oc1cnccc1CNCC(C)C. The standard InChI is InChI=1S/C16H24N4O/c1-11(2)8-18-9-14-6-7-17-10-15(14)21-16-12(3)19-20(5)13(16)4/h6-7,10-11,18H,8-9H2,1-5H3. The van der Waals surface area contributed by atoms with Gasteiger partial charge < -0.3 is 10.1 Å². The Labute approximate surface area is 126 Å². The minimum Gasteiger partial charge on any atom is -0.452 e. The van der Waals surface area contributed by atoms with Gasteiger partial charge in [0.15, 0.2) is 5.75 Å². The Bertz CT molecular complexity index is 604. The molecule has 0 amide bonds. The zero-order valence-corrected chi connectivity index (χ0v) is 13.5. The van der Waals surface area contributed by atoms with E-state index in [4.69, 9.17) is 4.74 Å². The highest BCUT2D eigenvalue weighted by molar-refractivity contribution is 5.39. The molecule has 2 heterocycles. The number of pyridine rings is 1. The van der Waals surface area contributed by atoms with Gasteiger partial charge >= 0.3 is 0 Å². The molecule has 0 atom stereocenters. The fourth-order valence-electron chi connectivity index (χ4n) is 2.15. The molecule has 2 rings (SSSR count). The zero-order chi connectivity index (χ0) is 15.4. The number of ether oxygens (including phenoxy) is 1. The van der Waals surface area contributed by atoms with Crippen molar-refractivity contribution >= 4 is 0 Å². The van der Waals surface area contributed by atoms with E-state index in [9.17, 15) is 0 Å². The first-order chi connectivity index (χ1) is 9.99. The van der Waals surface area contributed by atoms with Crippen molar-refractivity contribution in [2.45, 2.75) is 34.2 Å². The number of hydrogen-bond acceptors (Lipinski definition) is 4. The largest absolute Gasteiger partial charge is 0.452 e. The molecule has 5 heteroatoms.